The quantitative estimate of drug-likeness (QED) is 0.535. The highest BCUT2D eigenvalue weighted by molar-refractivity contribution is 5.38. The van der Waals surface area contributed by atoms with Gasteiger partial charge < -0.3 is 4.42 Å². The van der Waals surface area contributed by atoms with Crippen molar-refractivity contribution in [2.75, 3.05) is 0 Å². The second-order valence-corrected chi connectivity index (χ2v) is 1.45. The number of allylic oxidation sites excluding steroid dienone is 1. The third kappa shape index (κ3) is 0.997. The summed E-state index contributed by atoms with van der Waals surface area (Å²) in [6, 6.07) is 3.74. The van der Waals surface area contributed by atoms with Gasteiger partial charge in [-0.1, -0.05) is 0 Å². The molecule has 0 aromatic carbocycles. The lowest BCUT2D eigenvalue weighted by Gasteiger charge is -1.75. The summed E-state index contributed by atoms with van der Waals surface area (Å²) < 4.78 is 4.96. The lowest BCUT2D eigenvalue weighted by atomic mass is 10.4. The van der Waals surface area contributed by atoms with E-state index in [-0.39, 0.29) is 0 Å². The standard InChI is InChI=1S/C7H7O/c1-2-4-7-5-3-6-8-7/h3-6H,1H3. The Bertz CT molecular complexity index is 161. The molecular formula is C7H7O. The monoisotopic (exact) mass is 107 g/mol. The van der Waals surface area contributed by atoms with Gasteiger partial charge in [-0.3, -0.25) is 0 Å². The third-order valence-electron chi connectivity index (χ3n) is 0.830. The van der Waals surface area contributed by atoms with E-state index in [2.05, 4.69) is 6.08 Å². The van der Waals surface area contributed by atoms with Crippen LogP contribution in [0.5, 0.6) is 0 Å². The zero-order valence-corrected chi connectivity index (χ0v) is 4.72. The van der Waals surface area contributed by atoms with Crippen LogP contribution in [-0.4, -0.2) is 0 Å². The summed E-state index contributed by atoms with van der Waals surface area (Å²) in [6.45, 7) is 1.84. The van der Waals surface area contributed by atoms with Gasteiger partial charge >= 0.3 is 0 Å². The summed E-state index contributed by atoms with van der Waals surface area (Å²) in [5.41, 5.74) is 0. The summed E-state index contributed by atoms with van der Waals surface area (Å²) in [6.07, 6.45) is 6.29. The van der Waals surface area contributed by atoms with Crippen molar-refractivity contribution in [1.82, 2.24) is 0 Å². The van der Waals surface area contributed by atoms with Crippen LogP contribution in [0.2, 0.25) is 0 Å². The Balaban J connectivity index is 2.77. The Morgan fingerprint density at radius 2 is 2.62 bits per heavy atom. The van der Waals surface area contributed by atoms with Crippen molar-refractivity contribution in [2.24, 2.45) is 0 Å². The van der Waals surface area contributed by atoms with Gasteiger partial charge in [-0.25, -0.2) is 0 Å². The molecule has 0 amide bonds. The van der Waals surface area contributed by atoms with Crippen molar-refractivity contribution < 1.29 is 4.42 Å². The van der Waals surface area contributed by atoms with E-state index < -0.39 is 0 Å². The first kappa shape index (κ1) is 5.16. The minimum Gasteiger partial charge on any atom is -0.465 e. The van der Waals surface area contributed by atoms with Gasteiger partial charge in [0, 0.05) is 0 Å². The largest absolute Gasteiger partial charge is 0.465 e. The Morgan fingerprint density at radius 1 is 1.75 bits per heavy atom. The lowest BCUT2D eigenvalue weighted by molar-refractivity contribution is 0.557. The summed E-state index contributed by atoms with van der Waals surface area (Å²) in [5, 5.41) is 0. The van der Waals surface area contributed by atoms with Gasteiger partial charge in [-0.15, -0.1) is 0 Å². The van der Waals surface area contributed by atoms with Gasteiger partial charge in [0.2, 0.25) is 0 Å². The van der Waals surface area contributed by atoms with E-state index in [4.69, 9.17) is 4.42 Å². The normalized spacial score (nSPS) is 10.6. The second-order valence-electron chi connectivity index (χ2n) is 1.45. The summed E-state index contributed by atoms with van der Waals surface area (Å²) >= 11 is 0. The van der Waals surface area contributed by atoms with Crippen LogP contribution in [0, 0.1) is 6.08 Å². The average Bonchev–Trinajstić information content (AvgIpc) is 2.19. The van der Waals surface area contributed by atoms with Crippen LogP contribution in [-0.2, 0) is 0 Å². The van der Waals surface area contributed by atoms with E-state index in [9.17, 15) is 0 Å². The molecule has 1 radical (unpaired) electrons. The van der Waals surface area contributed by atoms with Crippen LogP contribution >= 0.6 is 0 Å². The molecule has 8 heavy (non-hydrogen) atoms. The smallest absolute Gasteiger partial charge is 0.126 e. The van der Waals surface area contributed by atoms with E-state index in [1.54, 1.807) is 12.3 Å². The molecule has 0 unspecified atom stereocenters. The fourth-order valence-corrected chi connectivity index (χ4v) is 0.516. The molecule has 0 bridgehead atoms. The van der Waals surface area contributed by atoms with Crippen LogP contribution < -0.4 is 0 Å². The highest BCUT2D eigenvalue weighted by atomic mass is 16.3. The third-order valence-corrected chi connectivity index (χ3v) is 0.830. The first-order chi connectivity index (χ1) is 3.93. The average molecular weight is 107 g/mol. The number of hydrogen-bond acceptors (Lipinski definition) is 1. The Morgan fingerprint density at radius 3 is 3.12 bits per heavy atom. The predicted octanol–water partition coefficient (Wildman–Crippen LogP) is 2.12. The number of hydrogen-bond donors (Lipinski definition) is 0. The Hall–Kier alpha value is -0.980. The van der Waals surface area contributed by atoms with Gasteiger partial charge in [0.15, 0.2) is 0 Å². The molecule has 0 aliphatic rings. The molecule has 1 rings (SSSR count). The molecule has 0 N–H and O–H groups in total. The van der Waals surface area contributed by atoms with E-state index >= 15 is 0 Å². The van der Waals surface area contributed by atoms with E-state index in [1.807, 2.05) is 19.1 Å². The molecule has 1 heteroatoms. The van der Waals surface area contributed by atoms with Crippen LogP contribution in [0.3, 0.4) is 0 Å². The molecule has 41 valence electrons. The molecule has 0 fully saturated rings. The number of furan rings is 1. The molecule has 0 saturated heterocycles. The van der Waals surface area contributed by atoms with Gasteiger partial charge in [0.1, 0.15) is 5.76 Å². The molecule has 1 aromatic heterocycles. The molecule has 0 saturated carbocycles. The van der Waals surface area contributed by atoms with E-state index in [0.717, 1.165) is 5.76 Å². The van der Waals surface area contributed by atoms with Gasteiger partial charge in [0.05, 0.1) is 6.26 Å². The summed E-state index contributed by atoms with van der Waals surface area (Å²) in [4.78, 5) is 0. The van der Waals surface area contributed by atoms with Gasteiger partial charge in [0.25, 0.3) is 0 Å². The SMILES string of the molecule is C/[C]=C\c1ccco1. The zero-order valence-electron chi connectivity index (χ0n) is 4.72. The van der Waals surface area contributed by atoms with Gasteiger partial charge in [-0.05, 0) is 31.2 Å². The van der Waals surface area contributed by atoms with Crippen molar-refractivity contribution in [3.05, 3.63) is 30.2 Å². The van der Waals surface area contributed by atoms with Crippen molar-refractivity contribution in [1.29, 1.82) is 0 Å². The molecule has 1 nitrogen and oxygen atoms in total. The van der Waals surface area contributed by atoms with Crippen LogP contribution in [0.4, 0.5) is 0 Å². The maximum Gasteiger partial charge on any atom is 0.126 e. The maximum absolute atomic E-state index is 4.96. The Labute approximate surface area is 48.6 Å². The topological polar surface area (TPSA) is 13.1 Å². The van der Waals surface area contributed by atoms with Crippen molar-refractivity contribution in [3.63, 3.8) is 0 Å². The molecule has 1 aromatic rings. The molecular weight excluding hydrogens is 100 g/mol. The second kappa shape index (κ2) is 2.36. The highest BCUT2D eigenvalue weighted by Gasteiger charge is 1.82. The molecule has 0 spiro atoms. The lowest BCUT2D eigenvalue weighted by Crippen LogP contribution is -1.54. The van der Waals surface area contributed by atoms with Crippen molar-refractivity contribution >= 4 is 6.08 Å². The first-order valence-corrected chi connectivity index (χ1v) is 2.47. The molecule has 0 aliphatic heterocycles. The highest BCUT2D eigenvalue weighted by Crippen LogP contribution is 2.00. The summed E-state index contributed by atoms with van der Waals surface area (Å²) in [7, 11) is 0. The summed E-state index contributed by atoms with van der Waals surface area (Å²) in [5.74, 6) is 0.854. The van der Waals surface area contributed by atoms with Crippen LogP contribution in [0.1, 0.15) is 12.7 Å². The van der Waals surface area contributed by atoms with Crippen LogP contribution in [0.15, 0.2) is 22.8 Å². The zero-order chi connectivity index (χ0) is 5.82. The maximum atomic E-state index is 4.96. The van der Waals surface area contributed by atoms with E-state index in [0.29, 0.717) is 0 Å². The molecule has 1 heterocycles. The predicted molar refractivity (Wildman–Crippen MR) is 32.1 cm³/mol. The fourth-order valence-electron chi connectivity index (χ4n) is 0.516. The minimum atomic E-state index is 0.854. The fraction of sp³-hybridized carbons (Fsp3) is 0.143. The Kier molecular flexibility index (Phi) is 1.52. The molecule has 0 aliphatic carbocycles. The minimum absolute atomic E-state index is 0.854. The first-order valence-electron chi connectivity index (χ1n) is 2.47. The van der Waals surface area contributed by atoms with Gasteiger partial charge in [-0.2, -0.15) is 0 Å². The number of rotatable bonds is 1. The van der Waals surface area contributed by atoms with Crippen molar-refractivity contribution in [2.45, 2.75) is 6.92 Å². The molecule has 0 atom stereocenters. The van der Waals surface area contributed by atoms with E-state index in [1.165, 1.54) is 0 Å². The van der Waals surface area contributed by atoms with Crippen LogP contribution in [0.25, 0.3) is 6.08 Å². The van der Waals surface area contributed by atoms with Crippen molar-refractivity contribution in [3.8, 4) is 0 Å².